The quantitative estimate of drug-likeness (QED) is 0.330. The van der Waals surface area contributed by atoms with Crippen LogP contribution in [-0.4, -0.2) is 32.3 Å². The predicted molar refractivity (Wildman–Crippen MR) is 141 cm³/mol. The van der Waals surface area contributed by atoms with Gasteiger partial charge in [0.25, 0.3) is 0 Å². The zero-order valence-corrected chi connectivity index (χ0v) is 20.7. The maximum atomic E-state index is 12.5. The maximum absolute atomic E-state index is 12.5. The second-order valence-electron chi connectivity index (χ2n) is 8.96. The fourth-order valence-electron chi connectivity index (χ4n) is 3.23. The lowest BCUT2D eigenvalue weighted by atomic mass is 9.95. The maximum Gasteiger partial charge on any atom is 0.234 e. The Morgan fingerprint density at radius 3 is 2.03 bits per heavy atom. The molecule has 0 saturated heterocycles. The van der Waals surface area contributed by atoms with Crippen molar-refractivity contribution in [1.82, 2.24) is 14.8 Å². The van der Waals surface area contributed by atoms with Gasteiger partial charge in [-0.1, -0.05) is 68.9 Å². The first-order chi connectivity index (χ1) is 16.8. The third-order valence-electron chi connectivity index (χ3n) is 5.12. The zero-order valence-electron chi connectivity index (χ0n) is 19.9. The number of thioether (sulfide) groups is 1. The first-order valence-electron chi connectivity index (χ1n) is 11.2. The summed E-state index contributed by atoms with van der Waals surface area (Å²) in [5.74, 6) is 0.669. The highest BCUT2D eigenvalue weighted by Gasteiger charge is 2.21. The average molecular weight is 486 g/mol. The molecular formula is C27H27N5O2S. The molecule has 2 amide bonds. The molecule has 0 spiro atoms. The number of para-hydroxylation sites is 2. The van der Waals surface area contributed by atoms with Crippen LogP contribution in [0.4, 0.5) is 11.4 Å². The average Bonchev–Trinajstić information content (AvgIpc) is 3.28. The molecule has 1 aromatic heterocycles. The summed E-state index contributed by atoms with van der Waals surface area (Å²) in [5, 5.41) is 15.2. The summed E-state index contributed by atoms with van der Waals surface area (Å²) in [6.45, 7) is 5.62. The number of amides is 2. The molecule has 0 unspecified atom stereocenters. The molecule has 35 heavy (non-hydrogen) atoms. The third kappa shape index (κ3) is 6.16. The second-order valence-corrected chi connectivity index (χ2v) is 9.90. The lowest BCUT2D eigenvalue weighted by molar-refractivity contribution is -0.123. The molecule has 1 heterocycles. The molecule has 0 aliphatic carbocycles. The summed E-state index contributed by atoms with van der Waals surface area (Å²) in [7, 11) is 0. The molecule has 2 N–H and O–H groups in total. The van der Waals surface area contributed by atoms with E-state index in [0.29, 0.717) is 16.7 Å². The molecule has 4 aromatic rings. The first kappa shape index (κ1) is 24.2. The fraction of sp³-hybridized carbons (Fsp3) is 0.185. The Hall–Kier alpha value is -3.91. The van der Waals surface area contributed by atoms with Crippen molar-refractivity contribution >= 4 is 35.0 Å². The van der Waals surface area contributed by atoms with Gasteiger partial charge in [-0.25, -0.2) is 0 Å². The van der Waals surface area contributed by atoms with Crippen LogP contribution in [0, 0.1) is 5.41 Å². The van der Waals surface area contributed by atoms with Gasteiger partial charge in [0.1, 0.15) is 0 Å². The van der Waals surface area contributed by atoms with E-state index in [4.69, 9.17) is 0 Å². The number of aromatic nitrogens is 3. The van der Waals surface area contributed by atoms with E-state index < -0.39 is 5.41 Å². The molecule has 8 heteroatoms. The van der Waals surface area contributed by atoms with Crippen LogP contribution >= 0.6 is 11.8 Å². The summed E-state index contributed by atoms with van der Waals surface area (Å²) in [6, 6.07) is 26.6. The van der Waals surface area contributed by atoms with Gasteiger partial charge >= 0.3 is 0 Å². The van der Waals surface area contributed by atoms with Gasteiger partial charge in [-0.15, -0.1) is 10.2 Å². The topological polar surface area (TPSA) is 88.9 Å². The molecule has 7 nitrogen and oxygen atoms in total. The van der Waals surface area contributed by atoms with Gasteiger partial charge in [-0.2, -0.15) is 0 Å². The van der Waals surface area contributed by atoms with E-state index in [1.165, 1.54) is 11.8 Å². The molecule has 0 atom stereocenters. The Morgan fingerprint density at radius 2 is 1.40 bits per heavy atom. The summed E-state index contributed by atoms with van der Waals surface area (Å²) in [4.78, 5) is 24.8. The number of benzene rings is 3. The van der Waals surface area contributed by atoms with Gasteiger partial charge in [0, 0.05) is 28.0 Å². The Labute approximate surface area is 209 Å². The van der Waals surface area contributed by atoms with Crippen LogP contribution in [0.15, 0.2) is 90.1 Å². The largest absolute Gasteiger partial charge is 0.326 e. The Morgan fingerprint density at radius 1 is 0.800 bits per heavy atom. The molecule has 0 aliphatic rings. The Balaban J connectivity index is 1.56. The molecule has 178 valence electrons. The van der Waals surface area contributed by atoms with Crippen LogP contribution in [0.25, 0.3) is 17.1 Å². The minimum Gasteiger partial charge on any atom is -0.326 e. The molecular weight excluding hydrogens is 458 g/mol. The van der Waals surface area contributed by atoms with E-state index in [9.17, 15) is 9.59 Å². The minimum absolute atomic E-state index is 0.0508. The van der Waals surface area contributed by atoms with Gasteiger partial charge in [0.2, 0.25) is 11.8 Å². The highest BCUT2D eigenvalue weighted by Crippen LogP contribution is 2.29. The van der Waals surface area contributed by atoms with Gasteiger partial charge < -0.3 is 10.6 Å². The Kier molecular flexibility index (Phi) is 7.31. The van der Waals surface area contributed by atoms with Crippen molar-refractivity contribution in [3.05, 3.63) is 84.9 Å². The molecule has 0 radical (unpaired) electrons. The van der Waals surface area contributed by atoms with Crippen LogP contribution in [0.5, 0.6) is 0 Å². The van der Waals surface area contributed by atoms with E-state index in [0.717, 1.165) is 16.9 Å². The molecule has 0 bridgehead atoms. The highest BCUT2D eigenvalue weighted by atomic mass is 32.2. The van der Waals surface area contributed by atoms with Crippen molar-refractivity contribution in [2.75, 3.05) is 16.4 Å². The molecule has 3 aromatic carbocycles. The van der Waals surface area contributed by atoms with Gasteiger partial charge in [0.05, 0.1) is 5.75 Å². The smallest absolute Gasteiger partial charge is 0.234 e. The molecule has 0 fully saturated rings. The van der Waals surface area contributed by atoms with Crippen LogP contribution in [0.3, 0.4) is 0 Å². The van der Waals surface area contributed by atoms with E-state index in [1.807, 2.05) is 110 Å². The van der Waals surface area contributed by atoms with Crippen molar-refractivity contribution in [2.45, 2.75) is 25.9 Å². The summed E-state index contributed by atoms with van der Waals surface area (Å²) in [6.07, 6.45) is 0. The number of anilines is 2. The normalized spacial score (nSPS) is 11.2. The Bertz CT molecular complexity index is 1300. The standard InChI is InChI=1S/C27H27N5O2S/c1-27(2,3)25(34)29-21-16-14-19(15-17-21)24-30-31-26(32(24)22-12-8-5-9-13-22)35-18-23(33)28-20-10-6-4-7-11-20/h4-17H,18H2,1-3H3,(H,28,33)(H,29,34). The van der Waals surface area contributed by atoms with Crippen LogP contribution in [-0.2, 0) is 9.59 Å². The van der Waals surface area contributed by atoms with E-state index in [-0.39, 0.29) is 17.6 Å². The van der Waals surface area contributed by atoms with Gasteiger partial charge in [0.15, 0.2) is 11.0 Å². The van der Waals surface area contributed by atoms with Gasteiger partial charge in [-0.3, -0.25) is 14.2 Å². The number of carbonyl (C=O) groups excluding carboxylic acids is 2. The zero-order chi connectivity index (χ0) is 24.8. The van der Waals surface area contributed by atoms with Crippen molar-refractivity contribution in [2.24, 2.45) is 5.41 Å². The summed E-state index contributed by atoms with van der Waals surface area (Å²) in [5.41, 5.74) is 2.72. The predicted octanol–water partition coefficient (Wildman–Crippen LogP) is 5.65. The summed E-state index contributed by atoms with van der Waals surface area (Å²) < 4.78 is 1.93. The minimum atomic E-state index is -0.481. The number of hydrogen-bond acceptors (Lipinski definition) is 5. The summed E-state index contributed by atoms with van der Waals surface area (Å²) >= 11 is 1.32. The van der Waals surface area contributed by atoms with Gasteiger partial charge in [-0.05, 0) is 48.5 Å². The van der Waals surface area contributed by atoms with Crippen molar-refractivity contribution in [3.63, 3.8) is 0 Å². The number of nitrogens with zero attached hydrogens (tertiary/aromatic N) is 3. The van der Waals surface area contributed by atoms with Crippen LogP contribution in [0.2, 0.25) is 0 Å². The van der Waals surface area contributed by atoms with Crippen LogP contribution in [0.1, 0.15) is 20.8 Å². The molecule has 4 rings (SSSR count). The number of nitrogens with one attached hydrogen (secondary N) is 2. The van der Waals surface area contributed by atoms with Crippen molar-refractivity contribution < 1.29 is 9.59 Å². The van der Waals surface area contributed by atoms with Crippen molar-refractivity contribution in [3.8, 4) is 17.1 Å². The lowest BCUT2D eigenvalue weighted by Gasteiger charge is -2.17. The number of carbonyl (C=O) groups is 2. The van der Waals surface area contributed by atoms with E-state index in [2.05, 4.69) is 20.8 Å². The lowest BCUT2D eigenvalue weighted by Crippen LogP contribution is -2.27. The second kappa shape index (κ2) is 10.6. The third-order valence-corrected chi connectivity index (χ3v) is 6.05. The molecule has 0 saturated carbocycles. The molecule has 0 aliphatic heterocycles. The monoisotopic (exact) mass is 485 g/mol. The van der Waals surface area contributed by atoms with E-state index >= 15 is 0 Å². The SMILES string of the molecule is CC(C)(C)C(=O)Nc1ccc(-c2nnc(SCC(=O)Nc3ccccc3)n2-c2ccccc2)cc1. The fourth-order valence-corrected chi connectivity index (χ4v) is 3.98. The highest BCUT2D eigenvalue weighted by molar-refractivity contribution is 7.99. The van der Waals surface area contributed by atoms with E-state index in [1.54, 1.807) is 0 Å². The van der Waals surface area contributed by atoms with Crippen molar-refractivity contribution in [1.29, 1.82) is 0 Å². The first-order valence-corrected chi connectivity index (χ1v) is 12.2. The number of rotatable bonds is 7. The van der Waals surface area contributed by atoms with Crippen LogP contribution < -0.4 is 10.6 Å². The number of hydrogen-bond donors (Lipinski definition) is 2.